The summed E-state index contributed by atoms with van der Waals surface area (Å²) in [5.74, 6) is -0.935. The summed E-state index contributed by atoms with van der Waals surface area (Å²) in [5.41, 5.74) is 2.42. The van der Waals surface area contributed by atoms with E-state index in [2.05, 4.69) is 18.8 Å². The van der Waals surface area contributed by atoms with Gasteiger partial charge in [0.05, 0.1) is 17.9 Å². The molecule has 40 heavy (non-hydrogen) atoms. The van der Waals surface area contributed by atoms with Crippen molar-refractivity contribution in [3.63, 3.8) is 0 Å². The highest BCUT2D eigenvalue weighted by Crippen LogP contribution is 2.41. The molecule has 2 aliphatic heterocycles. The van der Waals surface area contributed by atoms with E-state index in [1.54, 1.807) is 35.6 Å². The van der Waals surface area contributed by atoms with Crippen LogP contribution in [0.15, 0.2) is 66.8 Å². The Hall–Kier alpha value is -4.60. The normalized spacial score (nSPS) is 17.5. The van der Waals surface area contributed by atoms with Gasteiger partial charge < -0.3 is 29.2 Å². The number of amides is 1. The standard InChI is InChI=1S/C28H29N3O5.C2H4O2/c1-18(2)19-4-6-20(7-5-19)25-24(26(32)21-8-9-22-23(16-21)36-15-14-35-22)27(33)28(34)31(25)12-3-11-30-13-10-29-17-30;1-2(3)4/h4-10,13,16-18,25,32H,3,11-12,14-15H2,1-2H3;1H3,(H,3,4)/b26-24+;. The van der Waals surface area contributed by atoms with E-state index in [4.69, 9.17) is 19.4 Å². The van der Waals surface area contributed by atoms with E-state index in [0.29, 0.717) is 55.7 Å². The van der Waals surface area contributed by atoms with Gasteiger partial charge in [0.15, 0.2) is 11.5 Å². The van der Waals surface area contributed by atoms with Crippen LogP contribution in [0.1, 0.15) is 55.8 Å². The molecule has 2 N–H and O–H groups in total. The summed E-state index contributed by atoms with van der Waals surface area (Å²) >= 11 is 0. The van der Waals surface area contributed by atoms with E-state index < -0.39 is 23.7 Å². The van der Waals surface area contributed by atoms with Crippen molar-refractivity contribution in [2.45, 2.75) is 45.7 Å². The number of likely N-dealkylation sites (tertiary alicyclic amines) is 1. The van der Waals surface area contributed by atoms with Gasteiger partial charge in [-0.3, -0.25) is 14.4 Å². The van der Waals surface area contributed by atoms with Gasteiger partial charge in [-0.25, -0.2) is 4.98 Å². The Morgan fingerprint density at radius 1 is 1.02 bits per heavy atom. The second-order valence-corrected chi connectivity index (χ2v) is 9.85. The highest BCUT2D eigenvalue weighted by Gasteiger charge is 2.45. The summed E-state index contributed by atoms with van der Waals surface area (Å²) in [6.07, 6.45) is 5.92. The molecular formula is C30H33N3O7. The number of Topliss-reactive ketones (excluding diaryl/α,β-unsaturated/α-hetero) is 1. The molecule has 1 amide bonds. The van der Waals surface area contributed by atoms with Crippen LogP contribution >= 0.6 is 0 Å². The van der Waals surface area contributed by atoms with Crippen LogP contribution < -0.4 is 9.47 Å². The molecule has 0 radical (unpaired) electrons. The number of nitrogens with zero attached hydrogens (tertiary/aromatic N) is 3. The number of imidazole rings is 1. The van der Waals surface area contributed by atoms with E-state index in [1.807, 2.05) is 35.0 Å². The number of fused-ring (bicyclic) bond motifs is 1. The van der Waals surface area contributed by atoms with Crippen LogP contribution in [0.3, 0.4) is 0 Å². The lowest BCUT2D eigenvalue weighted by atomic mass is 9.93. The Morgan fingerprint density at radius 3 is 2.33 bits per heavy atom. The fraction of sp³-hybridized carbons (Fsp3) is 0.333. The molecule has 0 aliphatic carbocycles. The van der Waals surface area contributed by atoms with Crippen molar-refractivity contribution in [3.8, 4) is 11.5 Å². The third-order valence-corrected chi connectivity index (χ3v) is 6.65. The van der Waals surface area contributed by atoms with Crippen LogP contribution in [0.25, 0.3) is 5.76 Å². The number of hydrogen-bond donors (Lipinski definition) is 2. The summed E-state index contributed by atoms with van der Waals surface area (Å²) in [7, 11) is 0. The van der Waals surface area contributed by atoms with Crippen molar-refractivity contribution >= 4 is 23.4 Å². The highest BCUT2D eigenvalue weighted by atomic mass is 16.6. The number of aliphatic carboxylic acids is 1. The summed E-state index contributed by atoms with van der Waals surface area (Å²) < 4.78 is 13.2. The average molecular weight is 548 g/mol. The molecule has 1 saturated heterocycles. The molecule has 5 rings (SSSR count). The zero-order valence-electron chi connectivity index (χ0n) is 22.7. The molecule has 1 fully saturated rings. The number of aryl methyl sites for hydroxylation is 1. The van der Waals surface area contributed by atoms with E-state index in [9.17, 15) is 14.7 Å². The summed E-state index contributed by atoms with van der Waals surface area (Å²) in [6, 6.07) is 12.2. The molecular weight excluding hydrogens is 514 g/mol. The maximum atomic E-state index is 13.3. The third kappa shape index (κ3) is 6.33. The van der Waals surface area contributed by atoms with Crippen molar-refractivity contribution in [1.82, 2.24) is 14.5 Å². The monoisotopic (exact) mass is 547 g/mol. The number of carbonyl (C=O) groups is 3. The molecule has 0 spiro atoms. The predicted molar refractivity (Wildman–Crippen MR) is 147 cm³/mol. The van der Waals surface area contributed by atoms with Gasteiger partial charge >= 0.3 is 0 Å². The third-order valence-electron chi connectivity index (χ3n) is 6.65. The van der Waals surface area contributed by atoms with E-state index >= 15 is 0 Å². The number of aliphatic hydroxyl groups is 1. The minimum Gasteiger partial charge on any atom is -0.507 e. The molecule has 1 atom stereocenters. The second-order valence-electron chi connectivity index (χ2n) is 9.85. The number of carboxylic acid groups (broad SMARTS) is 1. The number of ether oxygens (including phenoxy) is 2. The number of carbonyl (C=O) groups excluding carboxylic acids is 2. The zero-order valence-corrected chi connectivity index (χ0v) is 22.7. The number of hydrogen-bond acceptors (Lipinski definition) is 7. The zero-order chi connectivity index (χ0) is 28.8. The Labute approximate surface area is 232 Å². The molecule has 0 bridgehead atoms. The Balaban J connectivity index is 0.000000867. The molecule has 0 saturated carbocycles. The number of aliphatic hydroxyl groups excluding tert-OH is 1. The molecule has 210 valence electrons. The van der Waals surface area contributed by atoms with Gasteiger partial charge in [-0.2, -0.15) is 0 Å². The van der Waals surface area contributed by atoms with Gasteiger partial charge in [-0.05, 0) is 41.7 Å². The smallest absolute Gasteiger partial charge is 0.300 e. The number of ketones is 1. The van der Waals surface area contributed by atoms with Crippen molar-refractivity contribution in [2.75, 3.05) is 19.8 Å². The van der Waals surface area contributed by atoms with E-state index in [1.165, 1.54) is 0 Å². The van der Waals surface area contributed by atoms with E-state index in [0.717, 1.165) is 18.1 Å². The molecule has 10 nitrogen and oxygen atoms in total. The minimum absolute atomic E-state index is 0.0802. The Kier molecular flexibility index (Phi) is 8.88. The van der Waals surface area contributed by atoms with Gasteiger partial charge in [-0.15, -0.1) is 0 Å². The lowest BCUT2D eigenvalue weighted by molar-refractivity contribution is -0.140. The molecule has 3 aromatic rings. The Morgan fingerprint density at radius 2 is 1.70 bits per heavy atom. The molecule has 10 heteroatoms. The lowest BCUT2D eigenvalue weighted by Crippen LogP contribution is -2.31. The molecule has 1 unspecified atom stereocenters. The van der Waals surface area contributed by atoms with Crippen molar-refractivity contribution < 1.29 is 34.1 Å². The molecule has 2 aliphatic rings. The highest BCUT2D eigenvalue weighted by molar-refractivity contribution is 6.46. The maximum absolute atomic E-state index is 13.3. The summed E-state index contributed by atoms with van der Waals surface area (Å²) in [6.45, 7) is 7.18. The van der Waals surface area contributed by atoms with Gasteiger partial charge in [-0.1, -0.05) is 38.1 Å². The average Bonchev–Trinajstić information content (AvgIpc) is 3.54. The summed E-state index contributed by atoms with van der Waals surface area (Å²) in [5, 5.41) is 18.8. The van der Waals surface area contributed by atoms with E-state index in [-0.39, 0.29) is 11.3 Å². The SMILES string of the molecule is CC(=O)O.CC(C)c1ccc(C2/C(=C(\O)c3ccc4c(c3)OCCO4)C(=O)C(=O)N2CCCn2ccnc2)cc1. The number of rotatable bonds is 7. The van der Waals surface area contributed by atoms with Gasteiger partial charge in [0, 0.05) is 38.0 Å². The second kappa shape index (κ2) is 12.5. The minimum atomic E-state index is -0.833. The van der Waals surface area contributed by atoms with Crippen molar-refractivity contribution in [1.29, 1.82) is 0 Å². The first-order chi connectivity index (χ1) is 19.2. The maximum Gasteiger partial charge on any atom is 0.300 e. The first kappa shape index (κ1) is 28.4. The first-order valence-corrected chi connectivity index (χ1v) is 13.1. The number of carboxylic acids is 1. The fourth-order valence-electron chi connectivity index (χ4n) is 4.71. The van der Waals surface area contributed by atoms with Crippen LogP contribution in [0.5, 0.6) is 11.5 Å². The van der Waals surface area contributed by atoms with Crippen LogP contribution in [0.4, 0.5) is 0 Å². The summed E-state index contributed by atoms with van der Waals surface area (Å²) in [4.78, 5) is 41.1. The van der Waals surface area contributed by atoms with Gasteiger partial charge in [0.25, 0.3) is 17.7 Å². The van der Waals surface area contributed by atoms with Crippen LogP contribution in [-0.4, -0.2) is 62.1 Å². The fourth-order valence-corrected chi connectivity index (χ4v) is 4.71. The van der Waals surface area contributed by atoms with Crippen molar-refractivity contribution in [2.24, 2.45) is 0 Å². The quantitative estimate of drug-likeness (QED) is 0.253. The van der Waals surface area contributed by atoms with Crippen LogP contribution in [0, 0.1) is 0 Å². The van der Waals surface area contributed by atoms with Crippen LogP contribution in [0.2, 0.25) is 0 Å². The largest absolute Gasteiger partial charge is 0.507 e. The molecule has 3 heterocycles. The lowest BCUT2D eigenvalue weighted by Gasteiger charge is -2.26. The van der Waals surface area contributed by atoms with Gasteiger partial charge in [0.1, 0.15) is 19.0 Å². The topological polar surface area (TPSA) is 131 Å². The number of aromatic nitrogens is 2. The van der Waals surface area contributed by atoms with Crippen LogP contribution in [-0.2, 0) is 20.9 Å². The number of benzene rings is 2. The van der Waals surface area contributed by atoms with Crippen molar-refractivity contribution in [3.05, 3.63) is 83.4 Å². The first-order valence-electron chi connectivity index (χ1n) is 13.1. The van der Waals surface area contributed by atoms with Gasteiger partial charge in [0.2, 0.25) is 0 Å². The molecule has 2 aromatic carbocycles. The Bertz CT molecular complexity index is 1390. The predicted octanol–water partition coefficient (Wildman–Crippen LogP) is 4.38. The molecule has 1 aromatic heterocycles.